The van der Waals surface area contributed by atoms with Crippen molar-refractivity contribution in [1.29, 1.82) is 0 Å². The molecule has 0 aliphatic carbocycles. The summed E-state index contributed by atoms with van der Waals surface area (Å²) in [5, 5.41) is 9.27. The van der Waals surface area contributed by atoms with Gasteiger partial charge in [0.2, 0.25) is 6.23 Å². The molecular weight excluding hydrogens is 432 g/mol. The predicted molar refractivity (Wildman–Crippen MR) is 118 cm³/mol. The van der Waals surface area contributed by atoms with Crippen molar-refractivity contribution < 1.29 is 4.74 Å². The van der Waals surface area contributed by atoms with E-state index >= 15 is 0 Å². The maximum absolute atomic E-state index is 6.45. The van der Waals surface area contributed by atoms with Crippen molar-refractivity contribution in [3.63, 3.8) is 0 Å². The summed E-state index contributed by atoms with van der Waals surface area (Å²) in [7, 11) is 0. The van der Waals surface area contributed by atoms with Gasteiger partial charge in [-0.15, -0.1) is 11.3 Å². The Hall–Kier alpha value is -2.11. The van der Waals surface area contributed by atoms with Gasteiger partial charge in [0.25, 0.3) is 0 Å². The van der Waals surface area contributed by atoms with Crippen LogP contribution in [0, 0.1) is 0 Å². The van der Waals surface area contributed by atoms with Gasteiger partial charge in [0.05, 0.1) is 16.6 Å². The number of benzene rings is 2. The molecule has 0 unspecified atom stereocenters. The van der Waals surface area contributed by atoms with Crippen LogP contribution in [0.3, 0.4) is 0 Å². The fourth-order valence-electron chi connectivity index (χ4n) is 3.92. The predicted octanol–water partition coefficient (Wildman–Crippen LogP) is 6.88. The normalized spacial score (nSPS) is 20.6. The number of fused-ring (bicyclic) bond motifs is 3. The molecule has 2 aliphatic heterocycles. The van der Waals surface area contributed by atoms with E-state index in [9.17, 15) is 0 Å². The van der Waals surface area contributed by atoms with Gasteiger partial charge in [-0.2, -0.15) is 5.10 Å². The van der Waals surface area contributed by atoms with Crippen LogP contribution in [0.4, 0.5) is 0 Å². The first-order chi connectivity index (χ1) is 13.6. The molecule has 28 heavy (non-hydrogen) atoms. The van der Waals surface area contributed by atoms with Crippen LogP contribution in [-0.2, 0) is 0 Å². The van der Waals surface area contributed by atoms with Crippen molar-refractivity contribution in [1.82, 2.24) is 5.01 Å². The highest BCUT2D eigenvalue weighted by atomic mass is 79.9. The standard InChI is InChI=1S/C23H21BrN2OS/c1-14(2)15-5-7-16(8-6-15)23-26-20(13-19(25-26)22-4-3-11-28-22)18-12-17(24)9-10-21(18)27-23/h3-12,14,20,23H,13H2,1-2H3/t20-,23+/m0/s1. The molecule has 0 radical (unpaired) electrons. The molecule has 3 heterocycles. The molecule has 0 saturated carbocycles. The quantitative estimate of drug-likeness (QED) is 0.432. The Morgan fingerprint density at radius 3 is 2.68 bits per heavy atom. The summed E-state index contributed by atoms with van der Waals surface area (Å²) >= 11 is 5.36. The van der Waals surface area contributed by atoms with Crippen molar-refractivity contribution >= 4 is 33.0 Å². The van der Waals surface area contributed by atoms with E-state index < -0.39 is 0 Å². The van der Waals surface area contributed by atoms with Crippen molar-refractivity contribution in [2.24, 2.45) is 5.10 Å². The molecule has 0 N–H and O–H groups in total. The number of rotatable bonds is 3. The summed E-state index contributed by atoms with van der Waals surface area (Å²) in [4.78, 5) is 1.24. The maximum atomic E-state index is 6.45. The van der Waals surface area contributed by atoms with Gasteiger partial charge < -0.3 is 4.74 Å². The average molecular weight is 453 g/mol. The molecule has 0 fully saturated rings. The lowest BCUT2D eigenvalue weighted by Crippen LogP contribution is -2.33. The summed E-state index contributed by atoms with van der Waals surface area (Å²) in [5.41, 5.74) is 4.81. The molecule has 2 atom stereocenters. The maximum Gasteiger partial charge on any atom is 0.213 e. The molecule has 5 heteroatoms. The summed E-state index contributed by atoms with van der Waals surface area (Å²) in [6.45, 7) is 4.43. The SMILES string of the molecule is CC(C)c1ccc([C@H]2Oc3ccc(Br)cc3[C@@H]3CC(c4cccs4)=NN23)cc1. The first-order valence-corrected chi connectivity index (χ1v) is 11.2. The minimum Gasteiger partial charge on any atom is -0.464 e. The molecule has 0 bridgehead atoms. The molecule has 3 aromatic rings. The Bertz CT molecular complexity index is 1030. The number of hydrazone groups is 1. The highest BCUT2D eigenvalue weighted by Gasteiger charge is 2.41. The highest BCUT2D eigenvalue weighted by molar-refractivity contribution is 9.10. The van der Waals surface area contributed by atoms with Gasteiger partial charge >= 0.3 is 0 Å². The molecular formula is C23H21BrN2OS. The lowest BCUT2D eigenvalue weighted by Gasteiger charge is -2.38. The summed E-state index contributed by atoms with van der Waals surface area (Å²) in [6.07, 6.45) is 0.686. The Balaban J connectivity index is 1.57. The molecule has 0 spiro atoms. The molecule has 2 aliphatic rings. The smallest absolute Gasteiger partial charge is 0.213 e. The Labute approximate surface area is 177 Å². The number of thiophene rings is 1. The van der Waals surface area contributed by atoms with Crippen LogP contribution in [-0.4, -0.2) is 10.7 Å². The van der Waals surface area contributed by atoms with E-state index in [-0.39, 0.29) is 12.3 Å². The molecule has 2 aromatic carbocycles. The van der Waals surface area contributed by atoms with Gasteiger partial charge in [-0.3, -0.25) is 0 Å². The fourth-order valence-corrected chi connectivity index (χ4v) is 5.02. The Kier molecular flexibility index (Phi) is 4.52. The van der Waals surface area contributed by atoms with Crippen molar-refractivity contribution in [2.75, 3.05) is 0 Å². The highest BCUT2D eigenvalue weighted by Crippen LogP contribution is 2.48. The number of hydrogen-bond donors (Lipinski definition) is 0. The number of halogens is 1. The van der Waals surface area contributed by atoms with Gasteiger partial charge in [0.1, 0.15) is 5.75 Å². The molecule has 5 rings (SSSR count). The number of nitrogens with zero attached hydrogens (tertiary/aromatic N) is 2. The minimum atomic E-state index is -0.211. The first kappa shape index (κ1) is 18.0. The largest absolute Gasteiger partial charge is 0.464 e. The summed E-state index contributed by atoms with van der Waals surface area (Å²) < 4.78 is 7.52. The fraction of sp³-hybridized carbons (Fsp3) is 0.261. The second-order valence-electron chi connectivity index (χ2n) is 7.60. The monoisotopic (exact) mass is 452 g/mol. The van der Waals surface area contributed by atoms with E-state index in [1.54, 1.807) is 11.3 Å². The van der Waals surface area contributed by atoms with Gasteiger partial charge in [-0.25, -0.2) is 5.01 Å². The minimum absolute atomic E-state index is 0.188. The zero-order valence-electron chi connectivity index (χ0n) is 15.8. The topological polar surface area (TPSA) is 24.8 Å². The van der Waals surface area contributed by atoms with Crippen molar-refractivity contribution in [3.05, 3.63) is 86.0 Å². The number of ether oxygens (including phenoxy) is 1. The third-order valence-electron chi connectivity index (χ3n) is 5.45. The van der Waals surface area contributed by atoms with E-state index in [2.05, 4.69) is 88.7 Å². The van der Waals surface area contributed by atoms with Crippen LogP contribution in [0.2, 0.25) is 0 Å². The van der Waals surface area contributed by atoms with E-state index in [1.165, 1.54) is 16.0 Å². The second-order valence-corrected chi connectivity index (χ2v) is 9.46. The molecule has 0 saturated heterocycles. The average Bonchev–Trinajstić information content (AvgIpc) is 3.37. The first-order valence-electron chi connectivity index (χ1n) is 9.56. The number of hydrogen-bond acceptors (Lipinski definition) is 4. The third kappa shape index (κ3) is 3.07. The Morgan fingerprint density at radius 2 is 1.96 bits per heavy atom. The van der Waals surface area contributed by atoms with E-state index in [0.717, 1.165) is 27.9 Å². The lowest BCUT2D eigenvalue weighted by molar-refractivity contribution is -0.0190. The van der Waals surface area contributed by atoms with E-state index in [1.807, 2.05) is 6.07 Å². The van der Waals surface area contributed by atoms with Crippen LogP contribution in [0.15, 0.2) is 69.6 Å². The van der Waals surface area contributed by atoms with Crippen molar-refractivity contribution in [3.8, 4) is 5.75 Å². The van der Waals surface area contributed by atoms with E-state index in [0.29, 0.717) is 5.92 Å². The van der Waals surface area contributed by atoms with Crippen LogP contribution in [0.1, 0.15) is 60.0 Å². The van der Waals surface area contributed by atoms with Crippen LogP contribution in [0.5, 0.6) is 5.75 Å². The van der Waals surface area contributed by atoms with Gasteiger partial charge in [0.15, 0.2) is 0 Å². The van der Waals surface area contributed by atoms with Crippen LogP contribution >= 0.6 is 27.3 Å². The summed E-state index contributed by atoms with van der Waals surface area (Å²) in [5.74, 6) is 1.47. The summed E-state index contributed by atoms with van der Waals surface area (Å²) in [6, 6.07) is 19.5. The van der Waals surface area contributed by atoms with Crippen LogP contribution in [0.25, 0.3) is 0 Å². The van der Waals surface area contributed by atoms with E-state index in [4.69, 9.17) is 9.84 Å². The second kappa shape index (κ2) is 7.05. The molecule has 0 amide bonds. The molecule has 142 valence electrons. The lowest BCUT2D eigenvalue weighted by atomic mass is 9.97. The Morgan fingerprint density at radius 1 is 1.14 bits per heavy atom. The zero-order chi connectivity index (χ0) is 19.3. The van der Waals surface area contributed by atoms with Crippen molar-refractivity contribution in [2.45, 2.75) is 38.5 Å². The van der Waals surface area contributed by atoms with Gasteiger partial charge in [-0.1, -0.05) is 60.1 Å². The van der Waals surface area contributed by atoms with Gasteiger partial charge in [0, 0.05) is 22.0 Å². The molecule has 3 nitrogen and oxygen atoms in total. The zero-order valence-corrected chi connectivity index (χ0v) is 18.2. The van der Waals surface area contributed by atoms with Gasteiger partial charge in [-0.05, 0) is 41.1 Å². The molecule has 1 aromatic heterocycles. The third-order valence-corrected chi connectivity index (χ3v) is 6.86. The van der Waals surface area contributed by atoms with Crippen LogP contribution < -0.4 is 4.74 Å².